The lowest BCUT2D eigenvalue weighted by Gasteiger charge is -2.10. The van der Waals surface area contributed by atoms with Crippen LogP contribution in [0.2, 0.25) is 0 Å². The molecule has 1 amide bonds. The highest BCUT2D eigenvalue weighted by molar-refractivity contribution is 9.10. The van der Waals surface area contributed by atoms with Gasteiger partial charge in [-0.2, -0.15) is 0 Å². The molecule has 0 unspecified atom stereocenters. The molecule has 1 heterocycles. The van der Waals surface area contributed by atoms with Crippen LogP contribution in [-0.2, 0) is 11.3 Å². The zero-order valence-electron chi connectivity index (χ0n) is 15.6. The Labute approximate surface area is 178 Å². The van der Waals surface area contributed by atoms with Crippen LogP contribution in [0.1, 0.15) is 6.92 Å². The molecular formula is C19H17BrF2N4O2S. The molecule has 0 saturated carbocycles. The van der Waals surface area contributed by atoms with Gasteiger partial charge in [0.15, 0.2) is 16.8 Å². The fourth-order valence-corrected chi connectivity index (χ4v) is 3.93. The number of anilines is 1. The lowest BCUT2D eigenvalue weighted by atomic mass is 10.2. The van der Waals surface area contributed by atoms with E-state index in [0.717, 1.165) is 11.6 Å². The molecule has 2 aromatic carbocycles. The van der Waals surface area contributed by atoms with Gasteiger partial charge in [-0.15, -0.1) is 10.2 Å². The fourth-order valence-electron chi connectivity index (χ4n) is 2.62. The molecule has 0 bridgehead atoms. The Kier molecular flexibility index (Phi) is 6.86. The molecule has 10 heteroatoms. The van der Waals surface area contributed by atoms with Crippen molar-refractivity contribution in [2.24, 2.45) is 0 Å². The molecule has 1 N–H and O–H groups in total. The average molecular weight is 483 g/mol. The number of ether oxygens (including phenoxy) is 1. The molecule has 0 saturated heterocycles. The van der Waals surface area contributed by atoms with E-state index in [1.807, 2.05) is 35.8 Å². The van der Waals surface area contributed by atoms with Gasteiger partial charge in [0.05, 0.1) is 18.6 Å². The SMILES string of the molecule is CCn1c(SCC(=O)Nc2c(F)cc(F)cc2Br)nnc1-c1cccc(OC)c1. The summed E-state index contributed by atoms with van der Waals surface area (Å²) >= 11 is 4.22. The van der Waals surface area contributed by atoms with Crippen molar-refractivity contribution in [1.82, 2.24) is 14.8 Å². The Hall–Kier alpha value is -2.46. The average Bonchev–Trinajstić information content (AvgIpc) is 3.12. The van der Waals surface area contributed by atoms with Gasteiger partial charge in [-0.05, 0) is 41.1 Å². The number of amides is 1. The van der Waals surface area contributed by atoms with Gasteiger partial charge in [-0.25, -0.2) is 8.78 Å². The van der Waals surface area contributed by atoms with Crippen molar-refractivity contribution in [3.8, 4) is 17.1 Å². The number of methoxy groups -OCH3 is 1. The van der Waals surface area contributed by atoms with Gasteiger partial charge in [0.1, 0.15) is 11.6 Å². The molecule has 29 heavy (non-hydrogen) atoms. The van der Waals surface area contributed by atoms with E-state index in [1.54, 1.807) is 7.11 Å². The minimum absolute atomic E-state index is 0.0144. The smallest absolute Gasteiger partial charge is 0.234 e. The van der Waals surface area contributed by atoms with E-state index in [9.17, 15) is 13.6 Å². The maximum Gasteiger partial charge on any atom is 0.234 e. The molecule has 0 spiro atoms. The summed E-state index contributed by atoms with van der Waals surface area (Å²) in [5, 5.41) is 11.4. The number of thioether (sulfide) groups is 1. The minimum atomic E-state index is -0.854. The highest BCUT2D eigenvalue weighted by atomic mass is 79.9. The molecule has 0 atom stereocenters. The summed E-state index contributed by atoms with van der Waals surface area (Å²) in [4.78, 5) is 12.2. The maximum absolute atomic E-state index is 13.9. The summed E-state index contributed by atoms with van der Waals surface area (Å²) in [6, 6.07) is 9.24. The zero-order valence-corrected chi connectivity index (χ0v) is 18.0. The molecule has 6 nitrogen and oxygen atoms in total. The first-order valence-corrected chi connectivity index (χ1v) is 10.4. The lowest BCUT2D eigenvalue weighted by Crippen LogP contribution is -2.16. The summed E-state index contributed by atoms with van der Waals surface area (Å²) in [7, 11) is 1.59. The third kappa shape index (κ3) is 4.94. The Bertz CT molecular complexity index is 1020. The van der Waals surface area contributed by atoms with Gasteiger partial charge in [0.2, 0.25) is 5.91 Å². The van der Waals surface area contributed by atoms with E-state index in [2.05, 4.69) is 31.4 Å². The van der Waals surface area contributed by atoms with E-state index < -0.39 is 17.5 Å². The number of hydrogen-bond donors (Lipinski definition) is 1. The number of nitrogens with zero attached hydrogens (tertiary/aromatic N) is 3. The summed E-state index contributed by atoms with van der Waals surface area (Å²) < 4.78 is 34.3. The topological polar surface area (TPSA) is 69.0 Å². The largest absolute Gasteiger partial charge is 0.497 e. The first-order valence-electron chi connectivity index (χ1n) is 8.57. The van der Waals surface area contributed by atoms with Gasteiger partial charge >= 0.3 is 0 Å². The standard InChI is InChI=1S/C19H17BrF2N4O2S/c1-3-26-18(11-5-4-6-13(7-11)28-2)24-25-19(26)29-10-16(27)23-17-14(20)8-12(21)9-15(17)22/h4-9H,3,10H2,1-2H3,(H,23,27). The van der Waals surface area contributed by atoms with E-state index in [-0.39, 0.29) is 15.9 Å². The number of benzene rings is 2. The van der Waals surface area contributed by atoms with E-state index in [0.29, 0.717) is 29.3 Å². The highest BCUT2D eigenvalue weighted by Gasteiger charge is 2.17. The van der Waals surface area contributed by atoms with Crippen LogP contribution in [0, 0.1) is 11.6 Å². The Morgan fingerprint density at radius 3 is 2.76 bits per heavy atom. The Morgan fingerprint density at radius 1 is 1.28 bits per heavy atom. The Balaban J connectivity index is 1.73. The van der Waals surface area contributed by atoms with Crippen molar-refractivity contribution in [3.05, 3.63) is 52.5 Å². The van der Waals surface area contributed by atoms with Crippen molar-refractivity contribution in [3.63, 3.8) is 0 Å². The van der Waals surface area contributed by atoms with Crippen LogP contribution in [0.25, 0.3) is 11.4 Å². The molecule has 0 aliphatic heterocycles. The van der Waals surface area contributed by atoms with E-state index in [4.69, 9.17) is 4.74 Å². The quantitative estimate of drug-likeness (QED) is 0.492. The van der Waals surface area contributed by atoms with Crippen molar-refractivity contribution < 1.29 is 18.3 Å². The van der Waals surface area contributed by atoms with Crippen molar-refractivity contribution in [1.29, 1.82) is 0 Å². The molecule has 0 aliphatic carbocycles. The summed E-state index contributed by atoms with van der Waals surface area (Å²) in [5.41, 5.74) is 0.735. The van der Waals surface area contributed by atoms with Gasteiger partial charge in [0, 0.05) is 22.6 Å². The lowest BCUT2D eigenvalue weighted by molar-refractivity contribution is -0.113. The predicted octanol–water partition coefficient (Wildman–Crippen LogP) is 4.75. The van der Waals surface area contributed by atoms with Gasteiger partial charge in [-0.3, -0.25) is 4.79 Å². The number of carbonyl (C=O) groups is 1. The molecule has 0 fully saturated rings. The minimum Gasteiger partial charge on any atom is -0.497 e. The number of hydrogen-bond acceptors (Lipinski definition) is 5. The van der Waals surface area contributed by atoms with E-state index in [1.165, 1.54) is 11.8 Å². The number of halogens is 3. The first-order chi connectivity index (χ1) is 13.9. The third-order valence-electron chi connectivity index (χ3n) is 3.96. The predicted molar refractivity (Wildman–Crippen MR) is 111 cm³/mol. The van der Waals surface area contributed by atoms with Crippen molar-refractivity contribution in [2.75, 3.05) is 18.2 Å². The van der Waals surface area contributed by atoms with Crippen LogP contribution >= 0.6 is 27.7 Å². The summed E-state index contributed by atoms with van der Waals surface area (Å²) in [6.07, 6.45) is 0. The van der Waals surface area contributed by atoms with Gasteiger partial charge in [-0.1, -0.05) is 23.9 Å². The highest BCUT2D eigenvalue weighted by Crippen LogP contribution is 2.29. The van der Waals surface area contributed by atoms with Gasteiger partial charge < -0.3 is 14.6 Å². The molecule has 3 aromatic rings. The molecule has 152 valence electrons. The second kappa shape index (κ2) is 9.36. The van der Waals surface area contributed by atoms with Crippen LogP contribution in [0.3, 0.4) is 0 Å². The molecule has 0 radical (unpaired) electrons. The second-order valence-corrected chi connectivity index (χ2v) is 7.66. The molecule has 1 aromatic heterocycles. The zero-order chi connectivity index (χ0) is 21.0. The summed E-state index contributed by atoms with van der Waals surface area (Å²) in [6.45, 7) is 2.55. The maximum atomic E-state index is 13.9. The molecular weight excluding hydrogens is 466 g/mol. The van der Waals surface area contributed by atoms with Crippen LogP contribution < -0.4 is 10.1 Å². The van der Waals surface area contributed by atoms with Crippen LogP contribution in [-0.4, -0.2) is 33.5 Å². The number of carbonyl (C=O) groups excluding carboxylic acids is 1. The van der Waals surface area contributed by atoms with Crippen molar-refractivity contribution >= 4 is 39.3 Å². The van der Waals surface area contributed by atoms with E-state index >= 15 is 0 Å². The molecule has 3 rings (SSSR count). The van der Waals surface area contributed by atoms with Crippen molar-refractivity contribution in [2.45, 2.75) is 18.6 Å². The number of nitrogens with one attached hydrogen (secondary N) is 1. The van der Waals surface area contributed by atoms with Crippen LogP contribution in [0.5, 0.6) is 5.75 Å². The number of aromatic nitrogens is 3. The number of rotatable bonds is 7. The normalized spacial score (nSPS) is 10.8. The van der Waals surface area contributed by atoms with Gasteiger partial charge in [0.25, 0.3) is 0 Å². The monoisotopic (exact) mass is 482 g/mol. The first kappa shape index (κ1) is 21.3. The summed E-state index contributed by atoms with van der Waals surface area (Å²) in [5.74, 6) is -0.695. The third-order valence-corrected chi connectivity index (χ3v) is 5.56. The van der Waals surface area contributed by atoms with Crippen LogP contribution in [0.4, 0.5) is 14.5 Å². The second-order valence-electron chi connectivity index (χ2n) is 5.86. The molecule has 0 aliphatic rings. The fraction of sp³-hybridized carbons (Fsp3) is 0.211. The Morgan fingerprint density at radius 2 is 2.07 bits per heavy atom. The van der Waals surface area contributed by atoms with Crippen LogP contribution in [0.15, 0.2) is 46.0 Å².